The zero-order chi connectivity index (χ0) is 11.4. The van der Waals surface area contributed by atoms with E-state index in [4.69, 9.17) is 0 Å². The van der Waals surface area contributed by atoms with Crippen molar-refractivity contribution in [1.29, 1.82) is 0 Å². The molecular weight excluding hydrogens is 216 g/mol. The second-order valence-corrected chi connectivity index (χ2v) is 4.45. The van der Waals surface area contributed by atoms with Crippen LogP contribution in [-0.4, -0.2) is 12.0 Å². The summed E-state index contributed by atoms with van der Waals surface area (Å²) >= 11 is 1.63. The van der Waals surface area contributed by atoms with Crippen molar-refractivity contribution in [2.24, 2.45) is 0 Å². The number of rotatable bonds is 4. The van der Waals surface area contributed by atoms with Gasteiger partial charge in [0, 0.05) is 5.38 Å². The van der Waals surface area contributed by atoms with Crippen molar-refractivity contribution >= 4 is 11.3 Å². The van der Waals surface area contributed by atoms with Crippen LogP contribution >= 0.6 is 11.3 Å². The van der Waals surface area contributed by atoms with E-state index >= 15 is 0 Å². The lowest BCUT2D eigenvalue weighted by atomic mass is 10.0. The molecule has 1 unspecified atom stereocenters. The van der Waals surface area contributed by atoms with Crippen LogP contribution < -0.4 is 5.32 Å². The molecule has 1 heterocycles. The third-order valence-electron chi connectivity index (χ3n) is 2.76. The van der Waals surface area contributed by atoms with Crippen LogP contribution in [0.5, 0.6) is 0 Å². The van der Waals surface area contributed by atoms with E-state index in [0.29, 0.717) is 0 Å². The molecule has 2 aromatic rings. The lowest BCUT2D eigenvalue weighted by Gasteiger charge is -2.14. The van der Waals surface area contributed by atoms with E-state index < -0.39 is 0 Å². The van der Waals surface area contributed by atoms with Gasteiger partial charge < -0.3 is 5.32 Å². The van der Waals surface area contributed by atoms with Crippen molar-refractivity contribution < 1.29 is 0 Å². The van der Waals surface area contributed by atoms with Gasteiger partial charge >= 0.3 is 0 Å². The highest BCUT2D eigenvalue weighted by Crippen LogP contribution is 2.21. The molecule has 1 aromatic heterocycles. The van der Waals surface area contributed by atoms with Crippen LogP contribution in [0.1, 0.15) is 29.8 Å². The Hall–Kier alpha value is -1.19. The molecule has 2 nitrogen and oxygen atoms in total. The van der Waals surface area contributed by atoms with Crippen LogP contribution in [0, 0.1) is 0 Å². The Morgan fingerprint density at radius 1 is 1.31 bits per heavy atom. The van der Waals surface area contributed by atoms with E-state index in [2.05, 4.69) is 46.9 Å². The molecule has 0 bridgehead atoms. The maximum absolute atomic E-state index is 4.36. The van der Waals surface area contributed by atoms with Gasteiger partial charge in [-0.2, -0.15) is 0 Å². The van der Waals surface area contributed by atoms with Crippen LogP contribution in [0.3, 0.4) is 0 Å². The quantitative estimate of drug-likeness (QED) is 0.876. The zero-order valence-electron chi connectivity index (χ0n) is 9.60. The summed E-state index contributed by atoms with van der Waals surface area (Å²) in [6.07, 6.45) is 1.08. The highest BCUT2D eigenvalue weighted by molar-refractivity contribution is 7.07. The number of hydrogen-bond donors (Lipinski definition) is 1. The molecule has 0 amide bonds. The third-order valence-corrected chi connectivity index (χ3v) is 3.36. The second kappa shape index (κ2) is 5.23. The number of aryl methyl sites for hydroxylation is 1. The van der Waals surface area contributed by atoms with Crippen LogP contribution in [0.15, 0.2) is 35.2 Å². The minimum absolute atomic E-state index is 0.206. The summed E-state index contributed by atoms with van der Waals surface area (Å²) in [4.78, 5) is 4.36. The molecule has 1 atom stereocenters. The third kappa shape index (κ3) is 2.31. The fourth-order valence-corrected chi connectivity index (χ4v) is 2.38. The van der Waals surface area contributed by atoms with Gasteiger partial charge in [-0.3, -0.25) is 0 Å². The van der Waals surface area contributed by atoms with Gasteiger partial charge in [-0.15, -0.1) is 11.3 Å². The number of thiazole rings is 1. The van der Waals surface area contributed by atoms with Crippen molar-refractivity contribution in [1.82, 2.24) is 10.3 Å². The van der Waals surface area contributed by atoms with Gasteiger partial charge in [0.2, 0.25) is 0 Å². The van der Waals surface area contributed by atoms with E-state index in [1.807, 2.05) is 12.6 Å². The van der Waals surface area contributed by atoms with Crippen molar-refractivity contribution in [3.8, 4) is 0 Å². The molecule has 0 spiro atoms. The molecule has 16 heavy (non-hydrogen) atoms. The standard InChI is InChI=1S/C13H16N2S/c1-3-10-4-6-11(7-5-10)13(14-2)12-8-16-9-15-12/h4-9,13-14H,3H2,1-2H3. The lowest BCUT2D eigenvalue weighted by Crippen LogP contribution is -2.17. The summed E-state index contributed by atoms with van der Waals surface area (Å²) in [5, 5.41) is 5.39. The lowest BCUT2D eigenvalue weighted by molar-refractivity contribution is 0.675. The van der Waals surface area contributed by atoms with Crippen LogP contribution in [0.25, 0.3) is 0 Å². The zero-order valence-corrected chi connectivity index (χ0v) is 10.4. The summed E-state index contributed by atoms with van der Waals surface area (Å²) in [6, 6.07) is 8.94. The number of hydrogen-bond acceptors (Lipinski definition) is 3. The second-order valence-electron chi connectivity index (χ2n) is 3.73. The normalized spacial score (nSPS) is 12.6. The highest BCUT2D eigenvalue weighted by atomic mass is 32.1. The Bertz CT molecular complexity index is 420. The monoisotopic (exact) mass is 232 g/mol. The van der Waals surface area contributed by atoms with Gasteiger partial charge in [0.15, 0.2) is 0 Å². The topological polar surface area (TPSA) is 24.9 Å². The number of nitrogens with zero attached hydrogens (tertiary/aromatic N) is 1. The number of nitrogens with one attached hydrogen (secondary N) is 1. The van der Waals surface area contributed by atoms with Gasteiger partial charge in [0.1, 0.15) is 0 Å². The Kier molecular flexibility index (Phi) is 3.70. The Balaban J connectivity index is 2.27. The fourth-order valence-electron chi connectivity index (χ4n) is 1.80. The average molecular weight is 232 g/mol. The smallest absolute Gasteiger partial charge is 0.0795 e. The molecule has 1 aromatic carbocycles. The van der Waals surface area contributed by atoms with E-state index in [1.165, 1.54) is 11.1 Å². The fraction of sp³-hybridized carbons (Fsp3) is 0.308. The minimum atomic E-state index is 0.206. The molecule has 0 aliphatic carbocycles. The minimum Gasteiger partial charge on any atom is -0.308 e. The molecule has 0 fully saturated rings. The molecular formula is C13H16N2S. The maximum atomic E-state index is 4.36. The summed E-state index contributed by atoms with van der Waals surface area (Å²) in [5.41, 5.74) is 5.61. The Morgan fingerprint density at radius 2 is 2.06 bits per heavy atom. The largest absolute Gasteiger partial charge is 0.308 e. The van der Waals surface area contributed by atoms with Gasteiger partial charge in [0.25, 0.3) is 0 Å². The molecule has 0 saturated heterocycles. The maximum Gasteiger partial charge on any atom is 0.0795 e. The summed E-state index contributed by atoms with van der Waals surface area (Å²) in [5.74, 6) is 0. The predicted molar refractivity (Wildman–Crippen MR) is 68.8 cm³/mol. The van der Waals surface area contributed by atoms with Gasteiger partial charge in [-0.05, 0) is 24.6 Å². The first-order valence-electron chi connectivity index (χ1n) is 5.49. The molecule has 0 aliphatic heterocycles. The molecule has 84 valence electrons. The van der Waals surface area contributed by atoms with Gasteiger partial charge in [-0.1, -0.05) is 31.2 Å². The van der Waals surface area contributed by atoms with E-state index in [1.54, 1.807) is 11.3 Å². The number of aromatic nitrogens is 1. The van der Waals surface area contributed by atoms with Crippen molar-refractivity contribution in [3.05, 3.63) is 52.0 Å². The molecule has 0 saturated carbocycles. The number of benzene rings is 1. The van der Waals surface area contributed by atoms with Gasteiger partial charge in [0.05, 0.1) is 17.2 Å². The predicted octanol–water partition coefficient (Wildman–Crippen LogP) is 3.01. The van der Waals surface area contributed by atoms with E-state index in [-0.39, 0.29) is 6.04 Å². The SMILES string of the molecule is CCc1ccc(C(NC)c2cscn2)cc1. The Morgan fingerprint density at radius 3 is 2.56 bits per heavy atom. The molecule has 1 N–H and O–H groups in total. The van der Waals surface area contributed by atoms with Crippen molar-refractivity contribution in [3.63, 3.8) is 0 Å². The molecule has 3 heteroatoms. The summed E-state index contributed by atoms with van der Waals surface area (Å²) in [6.45, 7) is 2.17. The average Bonchev–Trinajstić information content (AvgIpc) is 2.85. The van der Waals surface area contributed by atoms with E-state index in [9.17, 15) is 0 Å². The first-order chi connectivity index (χ1) is 7.85. The molecule has 0 radical (unpaired) electrons. The van der Waals surface area contributed by atoms with Crippen LogP contribution in [-0.2, 0) is 6.42 Å². The van der Waals surface area contributed by atoms with Crippen LogP contribution in [0.2, 0.25) is 0 Å². The first-order valence-corrected chi connectivity index (χ1v) is 6.43. The van der Waals surface area contributed by atoms with Crippen LogP contribution in [0.4, 0.5) is 0 Å². The van der Waals surface area contributed by atoms with Crippen molar-refractivity contribution in [2.45, 2.75) is 19.4 Å². The molecule has 2 rings (SSSR count). The van der Waals surface area contributed by atoms with E-state index in [0.717, 1.165) is 12.1 Å². The summed E-state index contributed by atoms with van der Waals surface area (Å²) < 4.78 is 0. The summed E-state index contributed by atoms with van der Waals surface area (Å²) in [7, 11) is 1.97. The highest BCUT2D eigenvalue weighted by Gasteiger charge is 2.13. The Labute approximate surface area is 100 Å². The van der Waals surface area contributed by atoms with Gasteiger partial charge in [-0.25, -0.2) is 4.98 Å². The first kappa shape index (κ1) is 11.3. The van der Waals surface area contributed by atoms with Crippen molar-refractivity contribution in [2.75, 3.05) is 7.05 Å². The molecule has 0 aliphatic rings.